The number of anilines is 1. The van der Waals surface area contributed by atoms with E-state index < -0.39 is 0 Å². The smallest absolute Gasteiger partial charge is 0.262 e. The summed E-state index contributed by atoms with van der Waals surface area (Å²) >= 11 is 3.25. The molecule has 0 saturated carbocycles. The van der Waals surface area contributed by atoms with Gasteiger partial charge in [0.25, 0.3) is 5.91 Å². The maximum absolute atomic E-state index is 11.7. The molecule has 0 aromatic carbocycles. The molecule has 3 aromatic rings. The molecule has 0 bridgehead atoms. The van der Waals surface area contributed by atoms with E-state index in [2.05, 4.69) is 24.5 Å². The molecule has 0 aliphatic carbocycles. The third kappa shape index (κ3) is 7.06. The lowest BCUT2D eigenvalue weighted by Crippen LogP contribution is -2.42. The van der Waals surface area contributed by atoms with Crippen LogP contribution in [0.25, 0.3) is 0 Å². The molecule has 4 N–H and O–H groups in total. The lowest BCUT2D eigenvalue weighted by Gasteiger charge is -2.08. The molecule has 1 atom stereocenters. The van der Waals surface area contributed by atoms with Crippen LogP contribution in [-0.4, -0.2) is 51.4 Å². The molecule has 0 fully saturated rings. The molecule has 10 nitrogen and oxygen atoms in total. The van der Waals surface area contributed by atoms with Crippen LogP contribution in [0.3, 0.4) is 0 Å². The van der Waals surface area contributed by atoms with Crippen LogP contribution in [0.2, 0.25) is 0 Å². The van der Waals surface area contributed by atoms with Crippen molar-refractivity contribution < 1.29 is 24.1 Å². The fourth-order valence-electron chi connectivity index (χ4n) is 3.61. The number of hydrogen-bond donors (Lipinski definition) is 3. The van der Waals surface area contributed by atoms with Crippen LogP contribution in [0.5, 0.6) is 0 Å². The number of aliphatic imine (C=N–C) groups is 2. The standard InChI is InChI=1S/C12H17N4OS.C12H16N3O2S/c1-8-11(3-4-17)18-7-16(8)6-10-5-14-9(2)15-12(10)13;1-8-11(3-4-16)18-7-15(8)6-10-5-13-9(2)14-12(10)17/h5,7,17H,3-4,6H2,1-2H3,(H2,13,14,15);5,7,10,16H,3-4,6H2,1-2H3/q2*+1. The first-order chi connectivity index (χ1) is 17.2. The Hall–Kier alpha value is -2.93. The molecule has 1 aliphatic heterocycles. The summed E-state index contributed by atoms with van der Waals surface area (Å²) < 4.78 is 4.14. The van der Waals surface area contributed by atoms with Gasteiger partial charge in [0, 0.05) is 52.3 Å². The molecule has 0 radical (unpaired) electrons. The molecule has 192 valence electrons. The number of aliphatic hydroxyl groups is 2. The highest BCUT2D eigenvalue weighted by molar-refractivity contribution is 7.09. The highest BCUT2D eigenvalue weighted by Crippen LogP contribution is 2.14. The molecule has 1 amide bonds. The number of rotatable bonds is 8. The van der Waals surface area contributed by atoms with Gasteiger partial charge in [0.1, 0.15) is 23.4 Å². The van der Waals surface area contributed by atoms with Crippen LogP contribution in [0.1, 0.15) is 39.5 Å². The highest BCUT2D eigenvalue weighted by atomic mass is 32.1. The van der Waals surface area contributed by atoms with E-state index in [9.17, 15) is 4.79 Å². The minimum Gasteiger partial charge on any atom is -0.396 e. The van der Waals surface area contributed by atoms with Crippen LogP contribution in [0.15, 0.2) is 27.2 Å². The average molecular weight is 532 g/mol. The monoisotopic (exact) mass is 531 g/mol. The number of carbonyl (C=O) groups is 1. The number of amides is 1. The van der Waals surface area contributed by atoms with E-state index in [1.807, 2.05) is 36.4 Å². The second kappa shape index (κ2) is 12.9. The van der Waals surface area contributed by atoms with Gasteiger partial charge in [-0.3, -0.25) is 4.79 Å². The van der Waals surface area contributed by atoms with Gasteiger partial charge in [-0.25, -0.2) is 15.0 Å². The van der Waals surface area contributed by atoms with Crippen molar-refractivity contribution in [2.75, 3.05) is 18.9 Å². The summed E-state index contributed by atoms with van der Waals surface area (Å²) in [5.41, 5.74) is 13.1. The van der Waals surface area contributed by atoms with E-state index in [-0.39, 0.29) is 25.0 Å². The lowest BCUT2D eigenvalue weighted by atomic mass is 10.1. The summed E-state index contributed by atoms with van der Waals surface area (Å²) in [6, 6.07) is 0. The van der Waals surface area contributed by atoms with E-state index in [0.29, 0.717) is 43.4 Å². The molecule has 0 saturated heterocycles. The number of amidine groups is 1. The number of nitrogens with zero attached hydrogens (tertiary/aromatic N) is 6. The summed E-state index contributed by atoms with van der Waals surface area (Å²) in [5.74, 6) is 1.32. The van der Waals surface area contributed by atoms with E-state index >= 15 is 0 Å². The second-order valence-electron chi connectivity index (χ2n) is 8.40. The largest absolute Gasteiger partial charge is 0.396 e. The van der Waals surface area contributed by atoms with E-state index in [0.717, 1.165) is 21.8 Å². The summed E-state index contributed by atoms with van der Waals surface area (Å²) in [6.07, 6.45) is 4.80. The van der Waals surface area contributed by atoms with Crippen molar-refractivity contribution in [3.8, 4) is 0 Å². The van der Waals surface area contributed by atoms with Gasteiger partial charge in [0.15, 0.2) is 24.5 Å². The van der Waals surface area contributed by atoms with Gasteiger partial charge in [-0.05, 0) is 13.8 Å². The number of aliphatic hydroxyl groups excluding tert-OH is 2. The Labute approximate surface area is 218 Å². The Kier molecular flexibility index (Phi) is 9.88. The predicted octanol–water partition coefficient (Wildman–Crippen LogP) is 1.13. The zero-order chi connectivity index (χ0) is 26.2. The number of hydrogen-bond acceptors (Lipinski definition) is 9. The van der Waals surface area contributed by atoms with Gasteiger partial charge in [-0.2, -0.15) is 14.1 Å². The number of thiazole rings is 2. The summed E-state index contributed by atoms with van der Waals surface area (Å²) in [6.45, 7) is 9.14. The SMILES string of the molecule is CC1=NC(=O)C(C[n+]2csc(CCO)c2C)C=N1.Cc1ncc(C[n+]2csc(CCO)c2C)c(N)n1. The molecular weight excluding hydrogens is 498 g/mol. The fraction of sp³-hybridized carbons (Fsp3) is 0.458. The van der Waals surface area contributed by atoms with Crippen molar-refractivity contribution in [2.24, 2.45) is 15.9 Å². The zero-order valence-corrected chi connectivity index (χ0v) is 22.6. The van der Waals surface area contributed by atoms with Crippen molar-refractivity contribution in [1.29, 1.82) is 0 Å². The number of carbonyl (C=O) groups excluding carboxylic acids is 1. The third-order valence-electron chi connectivity index (χ3n) is 5.77. The Morgan fingerprint density at radius 3 is 2.19 bits per heavy atom. The third-order valence-corrected chi connectivity index (χ3v) is 8.06. The maximum atomic E-state index is 11.7. The minimum absolute atomic E-state index is 0.135. The zero-order valence-electron chi connectivity index (χ0n) is 21.0. The van der Waals surface area contributed by atoms with Crippen LogP contribution in [-0.2, 0) is 30.7 Å². The number of aromatic nitrogens is 4. The molecule has 12 heteroatoms. The summed E-state index contributed by atoms with van der Waals surface area (Å²) in [4.78, 5) is 30.3. The Morgan fingerprint density at radius 1 is 1.00 bits per heavy atom. The molecule has 36 heavy (non-hydrogen) atoms. The Bertz CT molecular complexity index is 1270. The summed E-state index contributed by atoms with van der Waals surface area (Å²) in [7, 11) is 0. The lowest BCUT2D eigenvalue weighted by molar-refractivity contribution is -0.700. The first-order valence-corrected chi connectivity index (χ1v) is 13.3. The van der Waals surface area contributed by atoms with Crippen molar-refractivity contribution >= 4 is 46.4 Å². The van der Waals surface area contributed by atoms with Crippen LogP contribution in [0, 0.1) is 26.7 Å². The highest BCUT2D eigenvalue weighted by Gasteiger charge is 2.26. The first-order valence-electron chi connectivity index (χ1n) is 11.6. The normalized spacial score (nSPS) is 15.0. The van der Waals surface area contributed by atoms with Crippen molar-refractivity contribution in [1.82, 2.24) is 9.97 Å². The van der Waals surface area contributed by atoms with Crippen LogP contribution < -0.4 is 14.9 Å². The number of nitrogen functional groups attached to an aromatic ring is 1. The average Bonchev–Trinajstić information content (AvgIpc) is 3.35. The maximum Gasteiger partial charge on any atom is 0.262 e. The number of nitrogens with two attached hydrogens (primary N) is 1. The van der Waals surface area contributed by atoms with Gasteiger partial charge in [-0.15, -0.1) is 0 Å². The van der Waals surface area contributed by atoms with Gasteiger partial charge < -0.3 is 15.9 Å². The van der Waals surface area contributed by atoms with E-state index in [1.54, 1.807) is 42.0 Å². The van der Waals surface area contributed by atoms with Crippen LogP contribution >= 0.6 is 22.7 Å². The summed E-state index contributed by atoms with van der Waals surface area (Å²) in [5, 5.41) is 17.9. The molecule has 4 rings (SSSR count). The van der Waals surface area contributed by atoms with Crippen LogP contribution in [0.4, 0.5) is 5.82 Å². The van der Waals surface area contributed by atoms with Crippen molar-refractivity contribution in [3.63, 3.8) is 0 Å². The Balaban J connectivity index is 0.000000201. The van der Waals surface area contributed by atoms with Gasteiger partial charge >= 0.3 is 0 Å². The van der Waals surface area contributed by atoms with E-state index in [1.165, 1.54) is 4.88 Å². The van der Waals surface area contributed by atoms with Crippen molar-refractivity contribution in [2.45, 2.75) is 53.6 Å². The quantitative estimate of drug-likeness (QED) is 0.372. The van der Waals surface area contributed by atoms with Gasteiger partial charge in [0.05, 0.1) is 15.3 Å². The molecule has 3 aromatic heterocycles. The predicted molar refractivity (Wildman–Crippen MR) is 140 cm³/mol. The Morgan fingerprint density at radius 2 is 1.61 bits per heavy atom. The number of aryl methyl sites for hydroxylation is 1. The molecule has 1 unspecified atom stereocenters. The van der Waals surface area contributed by atoms with Gasteiger partial charge in [0.2, 0.25) is 11.0 Å². The molecule has 1 aliphatic rings. The second-order valence-corrected chi connectivity index (χ2v) is 10.3. The minimum atomic E-state index is -0.283. The van der Waals surface area contributed by atoms with E-state index in [4.69, 9.17) is 15.9 Å². The molecule has 4 heterocycles. The van der Waals surface area contributed by atoms with Gasteiger partial charge in [-0.1, -0.05) is 22.7 Å². The molecule has 0 spiro atoms. The molecular formula is C24H33N7O3S2+2. The van der Waals surface area contributed by atoms with Crippen molar-refractivity contribution in [3.05, 3.63) is 49.7 Å². The topological polar surface area (TPSA) is 142 Å². The fourth-order valence-corrected chi connectivity index (χ4v) is 5.59. The first kappa shape index (κ1) is 27.7.